The lowest BCUT2D eigenvalue weighted by atomic mass is 10.2. The van der Waals surface area contributed by atoms with Crippen LogP contribution in [-0.4, -0.2) is 29.4 Å². The lowest BCUT2D eigenvalue weighted by Crippen LogP contribution is -2.45. The van der Waals surface area contributed by atoms with Crippen molar-refractivity contribution >= 4 is 36.2 Å². The summed E-state index contributed by atoms with van der Waals surface area (Å²) in [6.07, 6.45) is 0. The van der Waals surface area contributed by atoms with Crippen LogP contribution in [0.2, 0.25) is 0 Å². The molecule has 0 saturated carbocycles. The quantitative estimate of drug-likeness (QED) is 0.602. The largest absolute Gasteiger partial charge is 0.295 e. The first kappa shape index (κ1) is 11.9. The summed E-state index contributed by atoms with van der Waals surface area (Å²) < 4.78 is 0. The standard InChI is InChI=1S/C8H13N2O2S2/c1-5(2-13)7(11)10-8(12)6-3-14-4-9-6/h4-6,9,13H,2-3H2,1H3,(H,10,11,12). The van der Waals surface area contributed by atoms with E-state index in [0.29, 0.717) is 11.5 Å². The number of thioether (sulfide) groups is 1. The second-order valence-corrected chi connectivity index (χ2v) is 4.38. The zero-order valence-electron chi connectivity index (χ0n) is 7.82. The van der Waals surface area contributed by atoms with Crippen LogP contribution < -0.4 is 10.6 Å². The highest BCUT2D eigenvalue weighted by molar-refractivity contribution is 8.01. The van der Waals surface area contributed by atoms with Gasteiger partial charge in [0.15, 0.2) is 0 Å². The number of thiol groups is 1. The van der Waals surface area contributed by atoms with Gasteiger partial charge in [-0.25, -0.2) is 0 Å². The molecule has 6 heteroatoms. The maximum absolute atomic E-state index is 11.4. The zero-order chi connectivity index (χ0) is 10.6. The van der Waals surface area contributed by atoms with Gasteiger partial charge in [-0.1, -0.05) is 6.92 Å². The number of carbonyl (C=O) groups is 2. The van der Waals surface area contributed by atoms with Gasteiger partial charge >= 0.3 is 0 Å². The molecule has 79 valence electrons. The van der Waals surface area contributed by atoms with E-state index < -0.39 is 0 Å². The third kappa shape index (κ3) is 3.18. The molecule has 1 aliphatic heterocycles. The highest BCUT2D eigenvalue weighted by atomic mass is 32.2. The maximum Gasteiger partial charge on any atom is 0.244 e. The molecule has 0 aromatic heterocycles. The summed E-state index contributed by atoms with van der Waals surface area (Å²) in [6, 6.07) is -0.281. The van der Waals surface area contributed by atoms with E-state index >= 15 is 0 Å². The fourth-order valence-corrected chi connectivity index (χ4v) is 1.85. The highest BCUT2D eigenvalue weighted by Crippen LogP contribution is 2.13. The van der Waals surface area contributed by atoms with E-state index in [0.717, 1.165) is 0 Å². The van der Waals surface area contributed by atoms with Crippen molar-refractivity contribution in [2.75, 3.05) is 11.5 Å². The van der Waals surface area contributed by atoms with Crippen LogP contribution in [0.25, 0.3) is 0 Å². The van der Waals surface area contributed by atoms with Crippen LogP contribution in [-0.2, 0) is 9.59 Å². The SMILES string of the molecule is CC(CS)C(=O)NC(=O)C1CS[CH]N1. The molecular weight excluding hydrogens is 220 g/mol. The van der Waals surface area contributed by atoms with Gasteiger partial charge in [-0.05, 0) is 0 Å². The Balaban J connectivity index is 2.35. The molecule has 2 amide bonds. The van der Waals surface area contributed by atoms with Gasteiger partial charge in [0.1, 0.15) is 0 Å². The summed E-state index contributed by atoms with van der Waals surface area (Å²) in [5, 5.41) is 5.22. The Bertz CT molecular complexity index is 229. The van der Waals surface area contributed by atoms with Gasteiger partial charge in [-0.2, -0.15) is 12.6 Å². The normalized spacial score (nSPS) is 23.1. The van der Waals surface area contributed by atoms with Gasteiger partial charge in [0.2, 0.25) is 11.8 Å². The molecule has 2 N–H and O–H groups in total. The van der Waals surface area contributed by atoms with E-state index in [1.54, 1.807) is 12.8 Å². The van der Waals surface area contributed by atoms with Gasteiger partial charge < -0.3 is 0 Å². The number of carbonyl (C=O) groups excluding carboxylic acids is 2. The summed E-state index contributed by atoms with van der Waals surface area (Å²) in [5.74, 6) is 2.12. The Kier molecular flexibility index (Phi) is 4.77. The summed E-state index contributed by atoms with van der Waals surface area (Å²) in [6.45, 7) is 1.73. The molecule has 1 radical (unpaired) electrons. The van der Waals surface area contributed by atoms with E-state index in [-0.39, 0.29) is 23.8 Å². The fraction of sp³-hybridized carbons (Fsp3) is 0.625. The van der Waals surface area contributed by atoms with Crippen molar-refractivity contribution in [3.63, 3.8) is 0 Å². The van der Waals surface area contributed by atoms with Crippen molar-refractivity contribution in [3.05, 3.63) is 5.88 Å². The smallest absolute Gasteiger partial charge is 0.244 e. The van der Waals surface area contributed by atoms with Crippen molar-refractivity contribution in [1.29, 1.82) is 0 Å². The van der Waals surface area contributed by atoms with E-state index in [4.69, 9.17) is 0 Å². The van der Waals surface area contributed by atoms with Crippen molar-refractivity contribution in [2.24, 2.45) is 5.92 Å². The molecular formula is C8H13N2O2S2. The monoisotopic (exact) mass is 233 g/mol. The third-order valence-electron chi connectivity index (χ3n) is 1.90. The highest BCUT2D eigenvalue weighted by Gasteiger charge is 2.25. The van der Waals surface area contributed by atoms with E-state index in [1.807, 2.05) is 0 Å². The first-order valence-electron chi connectivity index (χ1n) is 4.30. The zero-order valence-corrected chi connectivity index (χ0v) is 9.53. The van der Waals surface area contributed by atoms with Crippen LogP contribution in [0.15, 0.2) is 0 Å². The number of hydrogen-bond donors (Lipinski definition) is 3. The van der Waals surface area contributed by atoms with Crippen LogP contribution in [0, 0.1) is 11.8 Å². The molecule has 1 heterocycles. The van der Waals surface area contributed by atoms with Crippen molar-refractivity contribution in [3.8, 4) is 0 Å². The number of nitrogens with one attached hydrogen (secondary N) is 2. The third-order valence-corrected chi connectivity index (χ3v) is 3.28. The Labute approximate surface area is 93.0 Å². The summed E-state index contributed by atoms with van der Waals surface area (Å²) in [4.78, 5) is 22.7. The summed E-state index contributed by atoms with van der Waals surface area (Å²) in [5.41, 5.74) is 0. The first-order chi connectivity index (χ1) is 6.65. The van der Waals surface area contributed by atoms with Gasteiger partial charge in [0, 0.05) is 17.4 Å². The molecule has 0 bridgehead atoms. The first-order valence-corrected chi connectivity index (χ1v) is 5.98. The molecule has 0 spiro atoms. The number of imide groups is 1. The van der Waals surface area contributed by atoms with Crippen LogP contribution >= 0.6 is 24.4 Å². The maximum atomic E-state index is 11.4. The molecule has 0 aromatic rings. The lowest BCUT2D eigenvalue weighted by molar-refractivity contribution is -0.132. The Morgan fingerprint density at radius 3 is 3.00 bits per heavy atom. The van der Waals surface area contributed by atoms with Crippen molar-refractivity contribution in [1.82, 2.24) is 10.6 Å². The number of amides is 2. The molecule has 1 aliphatic rings. The number of rotatable bonds is 3. The molecule has 2 atom stereocenters. The Hall–Kier alpha value is -0.200. The molecule has 0 aliphatic carbocycles. The van der Waals surface area contributed by atoms with Gasteiger partial charge in [0.05, 0.1) is 11.9 Å². The summed E-state index contributed by atoms with van der Waals surface area (Å²) >= 11 is 5.52. The predicted molar refractivity (Wildman–Crippen MR) is 59.8 cm³/mol. The van der Waals surface area contributed by atoms with Gasteiger partial charge in [-0.15, -0.1) is 11.8 Å². The second kappa shape index (κ2) is 5.63. The average Bonchev–Trinajstić information content (AvgIpc) is 2.69. The molecule has 0 aromatic carbocycles. The molecule has 1 fully saturated rings. The average molecular weight is 233 g/mol. The van der Waals surface area contributed by atoms with E-state index in [9.17, 15) is 9.59 Å². The van der Waals surface area contributed by atoms with Crippen LogP contribution in [0.1, 0.15) is 6.92 Å². The minimum absolute atomic E-state index is 0.236. The number of hydrogen-bond acceptors (Lipinski definition) is 5. The van der Waals surface area contributed by atoms with Gasteiger partial charge in [-0.3, -0.25) is 20.2 Å². The topological polar surface area (TPSA) is 58.2 Å². The van der Waals surface area contributed by atoms with Gasteiger partial charge in [0.25, 0.3) is 0 Å². The van der Waals surface area contributed by atoms with Crippen LogP contribution in [0.5, 0.6) is 0 Å². The van der Waals surface area contributed by atoms with Crippen molar-refractivity contribution < 1.29 is 9.59 Å². The summed E-state index contributed by atoms with van der Waals surface area (Å²) in [7, 11) is 0. The molecule has 14 heavy (non-hydrogen) atoms. The minimum atomic E-state index is -0.281. The molecule has 2 unspecified atom stereocenters. The Morgan fingerprint density at radius 2 is 2.50 bits per heavy atom. The molecule has 1 rings (SSSR count). The fourth-order valence-electron chi connectivity index (χ4n) is 0.889. The molecule has 1 saturated heterocycles. The minimum Gasteiger partial charge on any atom is -0.295 e. The van der Waals surface area contributed by atoms with Crippen LogP contribution in [0.3, 0.4) is 0 Å². The Morgan fingerprint density at radius 1 is 1.79 bits per heavy atom. The lowest BCUT2D eigenvalue weighted by Gasteiger charge is -2.11. The predicted octanol–water partition coefficient (Wildman–Crippen LogP) is 0.0194. The van der Waals surface area contributed by atoms with Crippen molar-refractivity contribution in [2.45, 2.75) is 13.0 Å². The second-order valence-electron chi connectivity index (χ2n) is 3.11. The van der Waals surface area contributed by atoms with E-state index in [2.05, 4.69) is 23.3 Å². The van der Waals surface area contributed by atoms with Crippen LogP contribution in [0.4, 0.5) is 0 Å². The molecule has 4 nitrogen and oxygen atoms in total. The van der Waals surface area contributed by atoms with E-state index in [1.165, 1.54) is 11.8 Å².